The maximum absolute atomic E-state index is 12.6. The van der Waals surface area contributed by atoms with E-state index in [4.69, 9.17) is 0 Å². The van der Waals surface area contributed by atoms with Gasteiger partial charge in [-0.3, -0.25) is 0 Å². The number of hydrogen-bond donors (Lipinski definition) is 0. The molecule has 0 unspecified atom stereocenters. The molecule has 12 heavy (non-hydrogen) atoms. The van der Waals surface area contributed by atoms with E-state index in [0.717, 1.165) is 7.05 Å². The normalized spacial score (nSPS) is 16.6. The Bertz CT molecular complexity index is 145. The predicted octanol–water partition coefficient (Wildman–Crippen LogP) is 2.23. The second-order valence-corrected chi connectivity index (χ2v) is 6.24. The van der Waals surface area contributed by atoms with Gasteiger partial charge in [0.1, 0.15) is 0 Å². The molecule has 0 fully saturated rings. The summed E-state index contributed by atoms with van der Waals surface area (Å²) in [5, 5.41) is 0. The minimum absolute atomic E-state index is 0.0465. The van der Waals surface area contributed by atoms with Crippen LogP contribution in [0.25, 0.3) is 0 Å². The van der Waals surface area contributed by atoms with Crippen LogP contribution in [0.15, 0.2) is 0 Å². The summed E-state index contributed by atoms with van der Waals surface area (Å²) in [5.41, 5.74) is 0. The third-order valence-corrected chi connectivity index (χ3v) is 3.26. The van der Waals surface area contributed by atoms with Gasteiger partial charge in [-0.25, -0.2) is 0 Å². The molecule has 0 heterocycles. The zero-order chi connectivity index (χ0) is 10.0. The Balaban J connectivity index is 3.97. The molecule has 0 amide bonds. The molecule has 0 bridgehead atoms. The molecule has 0 aromatic carbocycles. The van der Waals surface area contributed by atoms with Crippen molar-refractivity contribution in [1.29, 1.82) is 0 Å². The van der Waals surface area contributed by atoms with Crippen LogP contribution in [0.1, 0.15) is 0 Å². The van der Waals surface area contributed by atoms with Gasteiger partial charge >= 0.3 is 70.7 Å². The zero-order valence-corrected chi connectivity index (χ0v) is 8.78. The first kappa shape index (κ1) is 12.1. The topological polar surface area (TPSA) is 6.48 Å². The van der Waals surface area contributed by atoms with Crippen LogP contribution in [0.2, 0.25) is 0 Å². The molecule has 0 spiro atoms. The molecule has 0 N–H and O–H groups in total. The minimum atomic E-state index is -5.98. The van der Waals surface area contributed by atoms with Crippen LogP contribution in [-0.2, 0) is 0 Å². The Morgan fingerprint density at radius 2 is 1.42 bits per heavy atom. The Morgan fingerprint density at radius 1 is 1.00 bits per heavy atom. The Hall–Kier alpha value is 0.140. The summed E-state index contributed by atoms with van der Waals surface area (Å²) in [4.78, 5) is 1.73. The number of halogens is 3. The van der Waals surface area contributed by atoms with Crippen LogP contribution >= 0.6 is 7.69 Å². The summed E-state index contributed by atoms with van der Waals surface area (Å²) in [6, 6.07) is 0. The average Bonchev–Trinajstić information content (AvgIpc) is 1.78. The van der Waals surface area contributed by atoms with Gasteiger partial charge in [0, 0.05) is 0 Å². The van der Waals surface area contributed by atoms with E-state index >= 15 is 0 Å². The number of likely N-dealkylation sites (N-methyl/N-ethyl adjacent to an activating group) is 2. The van der Waals surface area contributed by atoms with Gasteiger partial charge in [-0.2, -0.15) is 0 Å². The van der Waals surface area contributed by atoms with Crippen molar-refractivity contribution in [3.8, 4) is 0 Å². The quantitative estimate of drug-likeness (QED) is 0.648. The zero-order valence-electron chi connectivity index (χ0n) is 7.89. The van der Waals surface area contributed by atoms with Crippen molar-refractivity contribution < 1.29 is 12.6 Å². The van der Waals surface area contributed by atoms with Gasteiger partial charge in [-0.15, -0.1) is 0 Å². The van der Waals surface area contributed by atoms with Gasteiger partial charge in [0.25, 0.3) is 0 Å². The van der Waals surface area contributed by atoms with Crippen molar-refractivity contribution in [2.24, 2.45) is 0 Å². The van der Waals surface area contributed by atoms with Gasteiger partial charge < -0.3 is 0 Å². The van der Waals surface area contributed by atoms with Gasteiger partial charge in [0.05, 0.1) is 0 Å². The molecule has 0 aliphatic carbocycles. The molecule has 0 aromatic heterocycles. The molecule has 6 heteroatoms. The average molecular weight is 204 g/mol. The first-order valence-electron chi connectivity index (χ1n) is 3.63. The number of hydrogen-bond acceptors (Lipinski definition) is 2. The Kier molecular flexibility index (Phi) is 3.52. The van der Waals surface area contributed by atoms with E-state index in [1.165, 1.54) is 0 Å². The maximum atomic E-state index is 12.6. The van der Waals surface area contributed by atoms with Crippen LogP contribution in [-0.4, -0.2) is 50.5 Å². The molecule has 0 rings (SSSR count). The summed E-state index contributed by atoms with van der Waals surface area (Å²) in [7, 11) is -1.35. The van der Waals surface area contributed by atoms with Crippen LogP contribution in [0.4, 0.5) is 12.6 Å². The van der Waals surface area contributed by atoms with Gasteiger partial charge in [-0.1, -0.05) is 0 Å². The summed E-state index contributed by atoms with van der Waals surface area (Å²) >= 11 is 0. The van der Waals surface area contributed by atoms with Crippen molar-refractivity contribution in [1.82, 2.24) is 9.57 Å². The SMILES string of the molecule is CN(C)CCN(C)P(C)(F)(F)F. The molecule has 0 aliphatic heterocycles. The third kappa shape index (κ3) is 4.91. The van der Waals surface area contributed by atoms with E-state index in [-0.39, 0.29) is 6.54 Å². The first-order chi connectivity index (χ1) is 5.10. The predicted molar refractivity (Wildman–Crippen MR) is 47.4 cm³/mol. The standard InChI is InChI=1S/C6H16F3N2P/c1-10(2)5-6-11(3)12(4,7,8)9/h5-6H2,1-4H3. The molecule has 0 atom stereocenters. The van der Waals surface area contributed by atoms with E-state index in [0.29, 0.717) is 17.9 Å². The van der Waals surface area contributed by atoms with Crippen LogP contribution in [0.3, 0.4) is 0 Å². The number of rotatable bonds is 4. The summed E-state index contributed by atoms with van der Waals surface area (Å²) in [6.45, 7) is 0.867. The molecular weight excluding hydrogens is 188 g/mol. The van der Waals surface area contributed by atoms with Crippen molar-refractivity contribution >= 4 is 7.69 Å². The fraction of sp³-hybridized carbons (Fsp3) is 1.00. The van der Waals surface area contributed by atoms with Crippen molar-refractivity contribution in [2.75, 3.05) is 40.9 Å². The Morgan fingerprint density at radius 3 is 1.67 bits per heavy atom. The third-order valence-electron chi connectivity index (χ3n) is 1.60. The summed E-state index contributed by atoms with van der Waals surface area (Å²) < 4.78 is 38.4. The van der Waals surface area contributed by atoms with Crippen molar-refractivity contribution in [3.05, 3.63) is 0 Å². The molecule has 0 radical (unpaired) electrons. The monoisotopic (exact) mass is 204 g/mol. The molecule has 0 aliphatic rings. The second-order valence-electron chi connectivity index (χ2n) is 3.31. The van der Waals surface area contributed by atoms with Crippen LogP contribution < -0.4 is 0 Å². The molecule has 76 valence electrons. The van der Waals surface area contributed by atoms with Gasteiger partial charge in [0.15, 0.2) is 0 Å². The van der Waals surface area contributed by atoms with E-state index in [9.17, 15) is 12.6 Å². The first-order valence-corrected chi connectivity index (χ1v) is 5.94. The second kappa shape index (κ2) is 3.48. The summed E-state index contributed by atoms with van der Waals surface area (Å²) in [5.74, 6) is 0. The molecular formula is C6H16F3N2P. The Labute approximate surface area is 71.7 Å². The fourth-order valence-corrected chi connectivity index (χ4v) is 1.07. The van der Waals surface area contributed by atoms with Crippen molar-refractivity contribution in [3.63, 3.8) is 0 Å². The van der Waals surface area contributed by atoms with E-state index in [1.54, 1.807) is 19.0 Å². The van der Waals surface area contributed by atoms with Gasteiger partial charge in [-0.05, 0) is 0 Å². The molecule has 0 saturated carbocycles. The van der Waals surface area contributed by atoms with Gasteiger partial charge in [0.2, 0.25) is 0 Å². The molecule has 0 aromatic rings. The van der Waals surface area contributed by atoms with Crippen LogP contribution in [0.5, 0.6) is 0 Å². The van der Waals surface area contributed by atoms with E-state index in [2.05, 4.69) is 0 Å². The fourth-order valence-electron chi connectivity index (χ4n) is 0.558. The number of nitrogens with zero attached hydrogens (tertiary/aromatic N) is 2. The van der Waals surface area contributed by atoms with Crippen LogP contribution in [0, 0.1) is 0 Å². The van der Waals surface area contributed by atoms with E-state index < -0.39 is 7.69 Å². The van der Waals surface area contributed by atoms with Crippen molar-refractivity contribution in [2.45, 2.75) is 0 Å². The molecule has 2 nitrogen and oxygen atoms in total. The molecule has 0 saturated heterocycles. The summed E-state index contributed by atoms with van der Waals surface area (Å²) in [6.07, 6.45) is 0. The van der Waals surface area contributed by atoms with E-state index in [1.807, 2.05) is 0 Å².